The van der Waals surface area contributed by atoms with E-state index in [1.807, 2.05) is 6.07 Å². The van der Waals surface area contributed by atoms with Crippen LogP contribution in [0.1, 0.15) is 143 Å². The van der Waals surface area contributed by atoms with Crippen LogP contribution in [0.15, 0.2) is 182 Å². The van der Waals surface area contributed by atoms with Gasteiger partial charge >= 0.3 is 0 Å². The Balaban J connectivity index is 0.000000181. The van der Waals surface area contributed by atoms with Crippen LogP contribution in [0, 0.1) is 166 Å². The molecule has 6 heterocycles. The predicted molar refractivity (Wildman–Crippen MR) is 432 cm³/mol. The number of hydrogen-bond acceptors (Lipinski definition) is 0. The fourth-order valence-corrected chi connectivity index (χ4v) is 13.5. The summed E-state index contributed by atoms with van der Waals surface area (Å²) in [4.78, 5) is 0. The van der Waals surface area contributed by atoms with E-state index in [0.29, 0.717) is 22.4 Å². The van der Waals surface area contributed by atoms with Gasteiger partial charge in [-0.15, -0.1) is 0 Å². The van der Waals surface area contributed by atoms with Crippen LogP contribution in [0.2, 0.25) is 0 Å². The monoisotopic (exact) mass is 1360 g/mol. The predicted octanol–water partition coefficient (Wildman–Crippen LogP) is 20.5. The van der Waals surface area contributed by atoms with Crippen LogP contribution < -0.4 is 27.4 Å². The molecule has 6 nitrogen and oxygen atoms in total. The molecule has 0 aliphatic carbocycles. The molecule has 0 unspecified atom stereocenters. The topological polar surface area (TPSA) is 23.3 Å². The van der Waals surface area contributed by atoms with Crippen LogP contribution in [0.4, 0.5) is 0 Å². The first-order valence-corrected chi connectivity index (χ1v) is 35.8. The highest BCUT2D eigenvalue weighted by atomic mass is 15.0. The highest BCUT2D eigenvalue weighted by Crippen LogP contribution is 2.30. The zero-order chi connectivity index (χ0) is 80.5. The van der Waals surface area contributed by atoms with Gasteiger partial charge in [0.25, 0.3) is 0 Å². The summed E-state index contributed by atoms with van der Waals surface area (Å²) in [6, 6.07) is 63.1. The normalized spacial score (nSPS) is 11.8. The highest BCUT2D eigenvalue weighted by Gasteiger charge is 2.24. The van der Waals surface area contributed by atoms with Gasteiger partial charge in [0.2, 0.25) is 34.2 Å². The minimum atomic E-state index is -2.17. The van der Waals surface area contributed by atoms with Crippen molar-refractivity contribution in [1.29, 1.82) is 0 Å². The number of nitrogens with zero attached hydrogens (tertiary/aromatic N) is 6. The SMILES string of the molecule is Cc1cc(C)[n+](C)c(-c2c(C)cccc2C)c1.Cc1ccc(-c2ccc(C)c(C)[n+]2C)c(C)c1.Cc1cccc(-c2ccc(C)c(C)[n+]2C)c1C.Cc1ccccc1-c1c(C)c(C)cc(C)[n+]1C.Cc1ccccc1-c1c(C)c(C)cc(C)[n+]1C.[2H]C([2H])([2H])c1cccc(-c2ccc(C([2H])([2H])[2H])c(C)[n+]2C)c1C. The second-order valence-corrected chi connectivity index (χ2v) is 28.4. The molecule has 6 aromatic heterocycles. The Hall–Kier alpha value is -9.78. The quantitative estimate of drug-likeness (QED) is 0.148. The van der Waals surface area contributed by atoms with Gasteiger partial charge in [-0.2, -0.15) is 27.4 Å². The lowest BCUT2D eigenvalue weighted by molar-refractivity contribution is -0.667. The Kier molecular flexibility index (Phi) is 24.1. The summed E-state index contributed by atoms with van der Waals surface area (Å²) in [6.07, 6.45) is 0. The van der Waals surface area contributed by atoms with Gasteiger partial charge in [-0.1, -0.05) is 96.6 Å². The van der Waals surface area contributed by atoms with E-state index in [9.17, 15) is 0 Å². The van der Waals surface area contributed by atoms with Gasteiger partial charge in [-0.25, -0.2) is 0 Å². The molecule has 12 rings (SSSR count). The van der Waals surface area contributed by atoms with Gasteiger partial charge in [0.05, 0.1) is 5.56 Å². The van der Waals surface area contributed by atoms with Crippen molar-refractivity contribution in [3.8, 4) is 67.5 Å². The van der Waals surface area contributed by atoms with Gasteiger partial charge < -0.3 is 0 Å². The molecule has 0 aliphatic heterocycles. The van der Waals surface area contributed by atoms with Gasteiger partial charge in [0, 0.05) is 148 Å². The van der Waals surface area contributed by atoms with Crippen LogP contribution in [-0.2, 0) is 42.3 Å². The van der Waals surface area contributed by atoms with E-state index in [-0.39, 0.29) is 0 Å². The van der Waals surface area contributed by atoms with Crippen LogP contribution in [0.3, 0.4) is 0 Å². The lowest BCUT2D eigenvalue weighted by Crippen LogP contribution is -2.36. The number of aromatic nitrogens is 6. The fraction of sp³-hybridized carbons (Fsp3) is 0.312. The summed E-state index contributed by atoms with van der Waals surface area (Å²) < 4.78 is 58.9. The summed E-state index contributed by atoms with van der Waals surface area (Å²) >= 11 is 0. The molecule has 0 saturated carbocycles. The fourth-order valence-electron chi connectivity index (χ4n) is 13.5. The number of aryl methyl sites for hydroxylation is 17. The molecule has 6 aromatic carbocycles. The molecule has 12 aromatic rings. The van der Waals surface area contributed by atoms with E-state index < -0.39 is 13.7 Å². The average Bonchev–Trinajstić information content (AvgIpc) is 0.780. The zero-order valence-corrected chi connectivity index (χ0v) is 67.0. The third-order valence-electron chi connectivity index (χ3n) is 21.4. The highest BCUT2D eigenvalue weighted by molar-refractivity contribution is 5.69. The Morgan fingerprint density at radius 3 is 1.02 bits per heavy atom. The summed E-state index contributed by atoms with van der Waals surface area (Å²) in [5.74, 6) is 0. The molecule has 0 atom stereocenters. The first-order chi connectivity index (χ1) is 50.5. The van der Waals surface area contributed by atoms with Crippen molar-refractivity contribution < 1.29 is 35.6 Å². The number of pyridine rings is 6. The smallest absolute Gasteiger partial charge is 0.199 e. The van der Waals surface area contributed by atoms with Crippen molar-refractivity contribution in [3.63, 3.8) is 0 Å². The van der Waals surface area contributed by atoms with Gasteiger partial charge in [0.1, 0.15) is 42.3 Å². The summed E-state index contributed by atoms with van der Waals surface area (Å²) in [5, 5.41) is 0. The molecule has 0 aliphatic rings. The van der Waals surface area contributed by atoms with Crippen LogP contribution in [-0.4, -0.2) is 0 Å². The van der Waals surface area contributed by atoms with Crippen molar-refractivity contribution in [3.05, 3.63) is 316 Å². The van der Waals surface area contributed by atoms with E-state index in [0.717, 1.165) is 11.3 Å². The Labute approximate surface area is 624 Å². The van der Waals surface area contributed by atoms with Crippen LogP contribution in [0.5, 0.6) is 0 Å². The first kappa shape index (κ1) is 70.6. The molecule has 0 radical (unpaired) electrons. The molecule has 0 fully saturated rings. The number of benzene rings is 6. The maximum Gasteiger partial charge on any atom is 0.215 e. The molecule has 528 valence electrons. The zero-order valence-electron chi connectivity index (χ0n) is 73.0. The lowest BCUT2D eigenvalue weighted by atomic mass is 9.98. The molecule has 6 heteroatoms. The van der Waals surface area contributed by atoms with E-state index in [1.54, 1.807) is 49.7 Å². The van der Waals surface area contributed by atoms with Crippen molar-refractivity contribution in [2.24, 2.45) is 42.3 Å². The third-order valence-corrected chi connectivity index (χ3v) is 21.4. The largest absolute Gasteiger partial charge is 0.215 e. The van der Waals surface area contributed by atoms with Crippen molar-refractivity contribution in [1.82, 2.24) is 0 Å². The maximum absolute atomic E-state index is 7.64. The Bertz CT molecular complexity index is 5110. The molecule has 102 heavy (non-hydrogen) atoms. The van der Waals surface area contributed by atoms with Crippen molar-refractivity contribution in [2.75, 3.05) is 0 Å². The van der Waals surface area contributed by atoms with Gasteiger partial charge in [0.15, 0.2) is 34.2 Å². The summed E-state index contributed by atoms with van der Waals surface area (Å²) in [5.41, 5.74) is 43.4. The summed E-state index contributed by atoms with van der Waals surface area (Å²) in [7, 11) is 12.5. The van der Waals surface area contributed by atoms with E-state index in [4.69, 9.17) is 8.22 Å². The van der Waals surface area contributed by atoms with Gasteiger partial charge in [-0.05, 0) is 240 Å². The molecule has 0 N–H and O–H groups in total. The molecule has 0 amide bonds. The molecule has 0 bridgehead atoms. The second-order valence-electron chi connectivity index (χ2n) is 28.4. The number of hydrogen-bond donors (Lipinski definition) is 0. The van der Waals surface area contributed by atoms with Crippen LogP contribution >= 0.6 is 0 Å². The molecule has 0 spiro atoms. The maximum atomic E-state index is 7.64. The summed E-state index contributed by atoms with van der Waals surface area (Å²) in [6.45, 7) is 42.6. The van der Waals surface area contributed by atoms with E-state index in [1.165, 1.54) is 168 Å². The molecular formula is C96H120N6+6. The Morgan fingerprint density at radius 1 is 0.216 bits per heavy atom. The van der Waals surface area contributed by atoms with Crippen molar-refractivity contribution in [2.45, 2.75) is 166 Å². The van der Waals surface area contributed by atoms with E-state index in [2.05, 4.69) is 348 Å². The average molecular weight is 1360 g/mol. The Morgan fingerprint density at radius 2 is 0.578 bits per heavy atom. The van der Waals surface area contributed by atoms with Gasteiger partial charge in [-0.3, -0.25) is 0 Å². The van der Waals surface area contributed by atoms with Crippen LogP contribution in [0.25, 0.3) is 67.5 Å². The minimum Gasteiger partial charge on any atom is -0.199 e. The standard InChI is InChI=1S/6C16H20N/c1-11-6-8-15(13(3)10-11)16-9-7-12(2)14(4)17(16)5;1-11-9-14(4)17(5)15(10-11)16-12(2)7-6-8-13(16)3;2*1-11-7-6-8-15(13(11)3)16-10-9-12(2)14(4)17(16)5;2*1-11-8-6-7-9-15(11)16-14(4)12(2)10-13(3)17(16)5/h6*6-10H,1-5H3/q6*+1/i;;1D3,2D3;;;. The van der Waals surface area contributed by atoms with E-state index >= 15 is 0 Å². The van der Waals surface area contributed by atoms with Crippen molar-refractivity contribution >= 4 is 0 Å². The third kappa shape index (κ3) is 18.3. The minimum absolute atomic E-state index is 0.299. The molecule has 0 saturated heterocycles. The second kappa shape index (κ2) is 34.7. The first-order valence-electron chi connectivity index (χ1n) is 38.8. The lowest BCUT2D eigenvalue weighted by Gasteiger charge is -2.10. The number of rotatable bonds is 6. The molecular weight excluding hydrogens is 1240 g/mol.